The van der Waals surface area contributed by atoms with Crippen LogP contribution in [0.1, 0.15) is 25.7 Å². The molecule has 0 bridgehead atoms. The third-order valence-corrected chi connectivity index (χ3v) is 4.98. The van der Waals surface area contributed by atoms with Crippen molar-refractivity contribution in [3.63, 3.8) is 0 Å². The van der Waals surface area contributed by atoms with Crippen LogP contribution in [0.3, 0.4) is 0 Å². The van der Waals surface area contributed by atoms with Crippen LogP contribution in [-0.4, -0.2) is 37.9 Å². The van der Waals surface area contributed by atoms with Gasteiger partial charge in [0.05, 0.1) is 18.9 Å². The van der Waals surface area contributed by atoms with Crippen molar-refractivity contribution in [2.75, 3.05) is 12.9 Å². The number of halogens is 2. The average molecular weight is 309 g/mol. The highest BCUT2D eigenvalue weighted by Gasteiger charge is 2.60. The van der Waals surface area contributed by atoms with Crippen molar-refractivity contribution in [1.82, 2.24) is 0 Å². The Labute approximate surface area is 116 Å². The monoisotopic (exact) mass is 309 g/mol. The maximum absolute atomic E-state index is 13.5. The van der Waals surface area contributed by atoms with E-state index in [-0.39, 0.29) is 31.6 Å². The molecule has 0 aromatic carbocycles. The number of hydrogen-bond acceptors (Lipinski definition) is 5. The third kappa shape index (κ3) is 2.80. The number of rotatable bonds is 3. The number of alkyl halides is 2. The van der Waals surface area contributed by atoms with Gasteiger partial charge in [-0.1, -0.05) is 0 Å². The minimum atomic E-state index is -3.91. The quantitative estimate of drug-likeness (QED) is 0.794. The van der Waals surface area contributed by atoms with E-state index in [1.165, 1.54) is 0 Å². The second-order valence-corrected chi connectivity index (χ2v) is 7.38. The Morgan fingerprint density at radius 2 is 2.10 bits per heavy atom. The fraction of sp³-hybridized carbons (Fsp3) is 0.917. The number of nitrogens with zero attached hydrogens (tertiary/aromatic N) is 1. The van der Waals surface area contributed by atoms with Crippen LogP contribution >= 0.6 is 0 Å². The van der Waals surface area contributed by atoms with Crippen LogP contribution in [0.25, 0.3) is 0 Å². The summed E-state index contributed by atoms with van der Waals surface area (Å²) in [6.07, 6.45) is 0.217. The summed E-state index contributed by atoms with van der Waals surface area (Å²) in [6, 6.07) is 1.81. The third-order valence-electron chi connectivity index (χ3n) is 4.38. The maximum atomic E-state index is 13.5. The van der Waals surface area contributed by atoms with Gasteiger partial charge in [-0.05, 0) is 24.7 Å². The van der Waals surface area contributed by atoms with Gasteiger partial charge in [0.15, 0.2) is 5.60 Å². The van der Waals surface area contributed by atoms with Gasteiger partial charge in [-0.25, -0.2) is 13.0 Å². The largest absolute Gasteiger partial charge is 0.396 e. The van der Waals surface area contributed by atoms with Crippen LogP contribution in [0.4, 0.5) is 8.78 Å². The summed E-state index contributed by atoms with van der Waals surface area (Å²) in [6.45, 7) is -0.449. The van der Waals surface area contributed by atoms with Gasteiger partial charge >= 0.3 is 0 Å². The number of nitriles is 1. The van der Waals surface area contributed by atoms with E-state index in [2.05, 4.69) is 0 Å². The Hall–Kier alpha value is -0.780. The first-order valence-corrected chi connectivity index (χ1v) is 8.25. The van der Waals surface area contributed by atoms with E-state index < -0.39 is 40.1 Å². The standard InChI is InChI=1S/C12H17F2NO4S/c1-20(17,18)19-11(7-15)4-8-5-12(13,14)3-2-9(8)10(11)6-16/h8-10,16H,2-6H2,1H3/t8-,9-,10+,11?/m1/s1. The molecule has 1 N–H and O–H groups in total. The molecule has 0 radical (unpaired) electrons. The predicted molar refractivity (Wildman–Crippen MR) is 65.2 cm³/mol. The van der Waals surface area contributed by atoms with Gasteiger partial charge < -0.3 is 5.11 Å². The molecule has 2 saturated carbocycles. The Bertz CT molecular complexity index is 530. The molecule has 4 atom stereocenters. The molecule has 2 fully saturated rings. The molecule has 0 amide bonds. The zero-order valence-electron chi connectivity index (χ0n) is 11.1. The van der Waals surface area contributed by atoms with Crippen molar-refractivity contribution >= 4 is 10.1 Å². The van der Waals surface area contributed by atoms with Crippen molar-refractivity contribution < 1.29 is 26.5 Å². The number of hydrogen-bond donors (Lipinski definition) is 1. The number of fused-ring (bicyclic) bond motifs is 1. The molecule has 2 rings (SSSR count). The SMILES string of the molecule is CS(=O)(=O)OC1(C#N)C[C@@H]2CC(F)(F)CC[C@H]2[C@@H]1CO. The lowest BCUT2D eigenvalue weighted by Gasteiger charge is -2.34. The maximum Gasteiger partial charge on any atom is 0.265 e. The fourth-order valence-electron chi connectivity index (χ4n) is 3.69. The zero-order valence-corrected chi connectivity index (χ0v) is 11.9. The van der Waals surface area contributed by atoms with Crippen LogP contribution in [0.2, 0.25) is 0 Å². The van der Waals surface area contributed by atoms with E-state index >= 15 is 0 Å². The highest BCUT2D eigenvalue weighted by Crippen LogP contribution is 2.55. The van der Waals surface area contributed by atoms with E-state index in [9.17, 15) is 27.6 Å². The topological polar surface area (TPSA) is 87.4 Å². The molecule has 8 heteroatoms. The van der Waals surface area contributed by atoms with Crippen molar-refractivity contribution in [1.29, 1.82) is 5.26 Å². The summed E-state index contributed by atoms with van der Waals surface area (Å²) in [4.78, 5) is 0. The normalized spacial score (nSPS) is 40.0. The first-order chi connectivity index (χ1) is 9.12. The highest BCUT2D eigenvalue weighted by atomic mass is 32.2. The van der Waals surface area contributed by atoms with Crippen molar-refractivity contribution in [2.45, 2.75) is 37.2 Å². The smallest absolute Gasteiger partial charge is 0.265 e. The molecule has 0 heterocycles. The van der Waals surface area contributed by atoms with Crippen LogP contribution in [0.15, 0.2) is 0 Å². The van der Waals surface area contributed by atoms with E-state index in [1.54, 1.807) is 0 Å². The lowest BCUT2D eigenvalue weighted by atomic mass is 9.76. The summed E-state index contributed by atoms with van der Waals surface area (Å²) in [7, 11) is -3.91. The van der Waals surface area contributed by atoms with Crippen molar-refractivity contribution in [3.8, 4) is 6.07 Å². The fourth-order valence-corrected chi connectivity index (χ4v) is 4.46. The molecule has 5 nitrogen and oxygen atoms in total. The van der Waals surface area contributed by atoms with Crippen LogP contribution in [-0.2, 0) is 14.3 Å². The molecule has 1 unspecified atom stereocenters. The van der Waals surface area contributed by atoms with Gasteiger partial charge in [-0.2, -0.15) is 13.7 Å². The summed E-state index contributed by atoms with van der Waals surface area (Å²) in [5.74, 6) is -4.35. The molecule has 0 aromatic rings. The highest BCUT2D eigenvalue weighted by molar-refractivity contribution is 7.86. The predicted octanol–water partition coefficient (Wildman–Crippen LogP) is 1.29. The molecule has 0 spiro atoms. The summed E-state index contributed by atoms with van der Waals surface area (Å²) in [5, 5.41) is 18.8. The molecule has 0 saturated heterocycles. The van der Waals surface area contributed by atoms with Gasteiger partial charge in [0.2, 0.25) is 5.92 Å². The summed E-state index contributed by atoms with van der Waals surface area (Å²) in [5.41, 5.74) is -1.72. The minimum Gasteiger partial charge on any atom is -0.396 e. The lowest BCUT2D eigenvalue weighted by Crippen LogP contribution is -2.41. The van der Waals surface area contributed by atoms with E-state index in [4.69, 9.17) is 4.18 Å². The van der Waals surface area contributed by atoms with Gasteiger partial charge in [-0.15, -0.1) is 0 Å². The van der Waals surface area contributed by atoms with Gasteiger partial charge in [0.1, 0.15) is 0 Å². The van der Waals surface area contributed by atoms with Gasteiger partial charge in [0, 0.05) is 18.8 Å². The Kier molecular flexibility index (Phi) is 3.82. The summed E-state index contributed by atoms with van der Waals surface area (Å²) >= 11 is 0. The first kappa shape index (κ1) is 15.6. The van der Waals surface area contributed by atoms with Crippen LogP contribution in [0.5, 0.6) is 0 Å². The molecular weight excluding hydrogens is 292 g/mol. The number of aliphatic hydroxyl groups excluding tert-OH is 1. The summed E-state index contributed by atoms with van der Waals surface area (Å²) < 4.78 is 54.5. The Morgan fingerprint density at radius 3 is 2.60 bits per heavy atom. The van der Waals surface area contributed by atoms with Crippen LogP contribution in [0, 0.1) is 29.1 Å². The van der Waals surface area contributed by atoms with Crippen molar-refractivity contribution in [3.05, 3.63) is 0 Å². The van der Waals surface area contributed by atoms with E-state index in [0.29, 0.717) is 0 Å². The van der Waals surface area contributed by atoms with Gasteiger partial charge in [-0.3, -0.25) is 0 Å². The number of aliphatic hydroxyl groups is 1. The molecule has 2 aliphatic carbocycles. The molecule has 114 valence electrons. The zero-order chi connectivity index (χ0) is 15.2. The first-order valence-electron chi connectivity index (χ1n) is 6.43. The van der Waals surface area contributed by atoms with Gasteiger partial charge in [0.25, 0.3) is 10.1 Å². The van der Waals surface area contributed by atoms with Crippen LogP contribution < -0.4 is 0 Å². The molecule has 0 aliphatic heterocycles. The molecule has 0 aromatic heterocycles. The van der Waals surface area contributed by atoms with E-state index in [1.807, 2.05) is 6.07 Å². The molecule has 2 aliphatic rings. The Balaban J connectivity index is 2.33. The van der Waals surface area contributed by atoms with E-state index in [0.717, 1.165) is 6.26 Å². The second kappa shape index (κ2) is 4.90. The minimum absolute atomic E-state index is 0.0813. The lowest BCUT2D eigenvalue weighted by molar-refractivity contribution is -0.0702. The average Bonchev–Trinajstić information content (AvgIpc) is 2.57. The molecular formula is C12H17F2NO4S. The Morgan fingerprint density at radius 1 is 1.45 bits per heavy atom. The molecule has 20 heavy (non-hydrogen) atoms. The van der Waals surface area contributed by atoms with Crippen molar-refractivity contribution in [2.24, 2.45) is 17.8 Å². The second-order valence-electron chi connectivity index (χ2n) is 5.80.